The van der Waals surface area contributed by atoms with Crippen molar-refractivity contribution in [3.8, 4) is 0 Å². The second kappa shape index (κ2) is 3.85. The monoisotopic (exact) mass is 369 g/mol. The Balaban J connectivity index is 0.000000490. The second-order valence-corrected chi connectivity index (χ2v) is 3.01. The summed E-state index contributed by atoms with van der Waals surface area (Å²) in [5.41, 5.74) is 0. The Bertz CT molecular complexity index is 145. The number of halogens is 1. The van der Waals surface area contributed by atoms with Crippen LogP contribution in [-0.4, -0.2) is 0 Å². The van der Waals surface area contributed by atoms with Crippen LogP contribution in [0.1, 0.15) is 4.88 Å². The third-order valence-corrected chi connectivity index (χ3v) is 1.72. The van der Waals surface area contributed by atoms with E-state index >= 15 is 0 Å². The van der Waals surface area contributed by atoms with Gasteiger partial charge in [0.15, 0.2) is 0 Å². The maximum Gasteiger partial charge on any atom is 0.0727 e. The molecular formula is C5H4ClSU-. The van der Waals surface area contributed by atoms with Crippen LogP contribution in [0.2, 0.25) is 4.34 Å². The summed E-state index contributed by atoms with van der Waals surface area (Å²) < 4.78 is 0.810. The van der Waals surface area contributed by atoms with Gasteiger partial charge in [-0.25, -0.2) is 6.92 Å². The fourth-order valence-electron chi connectivity index (χ4n) is 0.352. The summed E-state index contributed by atoms with van der Waals surface area (Å²) in [5, 5.41) is 0. The summed E-state index contributed by atoms with van der Waals surface area (Å²) >= 11 is 7.04. The summed E-state index contributed by atoms with van der Waals surface area (Å²) in [4.78, 5) is 1.02. The van der Waals surface area contributed by atoms with Gasteiger partial charge in [-0.2, -0.15) is 17.4 Å². The second-order valence-electron chi connectivity index (χ2n) is 1.21. The van der Waals surface area contributed by atoms with Crippen molar-refractivity contribution < 1.29 is 31.1 Å². The molecule has 3 heteroatoms. The van der Waals surface area contributed by atoms with Gasteiger partial charge in [0.1, 0.15) is 0 Å². The van der Waals surface area contributed by atoms with E-state index in [1.54, 1.807) is 0 Å². The van der Waals surface area contributed by atoms with Crippen LogP contribution >= 0.6 is 22.9 Å². The molecule has 0 atom stereocenters. The van der Waals surface area contributed by atoms with Gasteiger partial charge in [-0.3, -0.25) is 0 Å². The van der Waals surface area contributed by atoms with Crippen LogP contribution < -0.4 is 0 Å². The first-order chi connectivity index (χ1) is 3.29. The van der Waals surface area contributed by atoms with E-state index in [2.05, 4.69) is 6.92 Å². The molecule has 0 spiro atoms. The van der Waals surface area contributed by atoms with E-state index in [1.807, 2.05) is 12.1 Å². The van der Waals surface area contributed by atoms with Gasteiger partial charge < -0.3 is 0 Å². The average molecular weight is 370 g/mol. The molecule has 0 aliphatic heterocycles. The molecule has 0 nitrogen and oxygen atoms in total. The van der Waals surface area contributed by atoms with Crippen LogP contribution in [0.5, 0.6) is 0 Å². The molecule has 1 aromatic heterocycles. The molecule has 0 N–H and O–H groups in total. The largest absolute Gasteiger partial charge is 0.228 e. The van der Waals surface area contributed by atoms with E-state index in [0.717, 1.165) is 9.21 Å². The van der Waals surface area contributed by atoms with Crippen LogP contribution in [0.3, 0.4) is 0 Å². The maximum atomic E-state index is 5.54. The molecule has 42 valence electrons. The Hall–Kier alpha value is 0.912. The minimum atomic E-state index is 0. The van der Waals surface area contributed by atoms with Crippen LogP contribution in [0, 0.1) is 38.0 Å². The first kappa shape index (κ1) is 8.91. The molecule has 0 saturated carbocycles. The molecule has 1 aromatic rings. The van der Waals surface area contributed by atoms with Crippen LogP contribution in [0.15, 0.2) is 12.1 Å². The number of hydrogen-bond donors (Lipinski definition) is 0. The Kier molecular flexibility index (Phi) is 4.29. The maximum absolute atomic E-state index is 5.54. The molecular weight excluding hydrogens is 366 g/mol. The molecule has 0 radical (unpaired) electrons. The summed E-state index contributed by atoms with van der Waals surface area (Å²) in [6.45, 7) is 3.68. The van der Waals surface area contributed by atoms with Crippen molar-refractivity contribution >= 4 is 22.9 Å². The van der Waals surface area contributed by atoms with Gasteiger partial charge >= 0.3 is 0 Å². The van der Waals surface area contributed by atoms with Crippen molar-refractivity contribution in [2.45, 2.75) is 0 Å². The number of rotatable bonds is 0. The van der Waals surface area contributed by atoms with Crippen LogP contribution in [0.25, 0.3) is 0 Å². The molecule has 0 aliphatic rings. The van der Waals surface area contributed by atoms with E-state index < -0.39 is 0 Å². The molecule has 0 saturated heterocycles. The fourth-order valence-corrected chi connectivity index (χ4v) is 1.23. The topological polar surface area (TPSA) is 0 Å². The Morgan fingerprint density at radius 1 is 1.50 bits per heavy atom. The molecule has 1 rings (SSSR count). The summed E-state index contributed by atoms with van der Waals surface area (Å²) in [5.74, 6) is 0. The first-order valence-corrected chi connectivity index (χ1v) is 3.06. The third-order valence-electron chi connectivity index (χ3n) is 0.629. The average Bonchev–Trinajstić information content (AvgIpc) is 1.87. The predicted octanol–water partition coefficient (Wildman–Crippen LogP) is 2.58. The smallest absolute Gasteiger partial charge is 0.0727 e. The SMILES string of the molecule is [CH2-]c1ccc(Cl)s1.[U]. The Morgan fingerprint density at radius 3 is 2.25 bits per heavy atom. The zero-order valence-corrected chi connectivity index (χ0v) is 9.88. The van der Waals surface area contributed by atoms with Gasteiger partial charge in [0, 0.05) is 31.1 Å². The minimum absolute atomic E-state index is 0. The van der Waals surface area contributed by atoms with Gasteiger partial charge in [-0.05, 0) is 0 Å². The van der Waals surface area contributed by atoms with Crippen molar-refractivity contribution in [1.29, 1.82) is 0 Å². The zero-order chi connectivity index (χ0) is 5.28. The fraction of sp³-hybridized carbons (Fsp3) is 0. The molecule has 0 unspecified atom stereocenters. The standard InChI is InChI=1S/C5H4ClS.U/c1-4-2-3-5(6)7-4;/h2-3H,1H2;/q-1;. The van der Waals surface area contributed by atoms with E-state index in [0.29, 0.717) is 0 Å². The van der Waals surface area contributed by atoms with Crippen molar-refractivity contribution in [2.24, 2.45) is 0 Å². The third kappa shape index (κ3) is 2.46. The van der Waals surface area contributed by atoms with Gasteiger partial charge in [0.2, 0.25) is 0 Å². The normalized spacial score (nSPS) is 8.12. The molecule has 1 heterocycles. The molecule has 0 aromatic carbocycles. The van der Waals surface area contributed by atoms with E-state index in [9.17, 15) is 0 Å². The molecule has 0 fully saturated rings. The Labute approximate surface area is 81.6 Å². The number of hydrogen-bond acceptors (Lipinski definition) is 1. The number of thiophene rings is 1. The Morgan fingerprint density at radius 2 is 2.12 bits per heavy atom. The quantitative estimate of drug-likeness (QED) is 0.617. The molecule has 0 bridgehead atoms. The van der Waals surface area contributed by atoms with Crippen molar-refractivity contribution in [3.05, 3.63) is 28.3 Å². The predicted molar refractivity (Wildman–Crippen MR) is 33.8 cm³/mol. The summed E-state index contributed by atoms with van der Waals surface area (Å²) in [7, 11) is 0. The van der Waals surface area contributed by atoms with E-state index in [-0.39, 0.29) is 31.1 Å². The van der Waals surface area contributed by atoms with Crippen LogP contribution in [0.4, 0.5) is 0 Å². The molecule has 0 amide bonds. The van der Waals surface area contributed by atoms with E-state index in [1.165, 1.54) is 11.3 Å². The summed E-state index contributed by atoms with van der Waals surface area (Å²) in [6, 6.07) is 3.74. The van der Waals surface area contributed by atoms with Gasteiger partial charge in [-0.1, -0.05) is 11.6 Å². The molecule has 0 aliphatic carbocycles. The zero-order valence-electron chi connectivity index (χ0n) is 4.15. The van der Waals surface area contributed by atoms with Crippen molar-refractivity contribution in [1.82, 2.24) is 0 Å². The minimum Gasteiger partial charge on any atom is -0.228 e. The van der Waals surface area contributed by atoms with E-state index in [4.69, 9.17) is 11.6 Å². The van der Waals surface area contributed by atoms with Gasteiger partial charge in [0.05, 0.1) is 4.34 Å². The van der Waals surface area contributed by atoms with Crippen molar-refractivity contribution in [3.63, 3.8) is 0 Å². The first-order valence-electron chi connectivity index (χ1n) is 1.86. The molecule has 8 heavy (non-hydrogen) atoms. The van der Waals surface area contributed by atoms with Crippen molar-refractivity contribution in [2.75, 3.05) is 0 Å². The van der Waals surface area contributed by atoms with Gasteiger partial charge in [-0.15, -0.1) is 10.9 Å². The van der Waals surface area contributed by atoms with Gasteiger partial charge in [0.25, 0.3) is 0 Å². The van der Waals surface area contributed by atoms with Crippen LogP contribution in [-0.2, 0) is 0 Å². The summed E-state index contributed by atoms with van der Waals surface area (Å²) in [6.07, 6.45) is 0.